The van der Waals surface area contributed by atoms with Crippen LogP contribution in [0, 0.1) is 13.8 Å². The fourth-order valence-electron chi connectivity index (χ4n) is 11.5. The highest BCUT2D eigenvalue weighted by molar-refractivity contribution is 9.10. The minimum atomic E-state index is -1.79. The summed E-state index contributed by atoms with van der Waals surface area (Å²) in [5.74, 6) is 4.54. The van der Waals surface area contributed by atoms with Gasteiger partial charge in [0.1, 0.15) is 40.8 Å². The van der Waals surface area contributed by atoms with Gasteiger partial charge in [0.15, 0.2) is 0 Å². The molecule has 0 aliphatic carbocycles. The summed E-state index contributed by atoms with van der Waals surface area (Å²) in [6.07, 6.45) is 13.6. The number of carbonyl (C=O) groups excluding carboxylic acids is 1. The highest BCUT2D eigenvalue weighted by Crippen LogP contribution is 2.42. The molecule has 0 radical (unpaired) electrons. The van der Waals surface area contributed by atoms with Crippen LogP contribution in [0.4, 0.5) is 0 Å². The molecule has 0 aliphatic rings. The largest absolute Gasteiger partial charge is 0.544 e. The molecular weight excluding hydrogens is 1710 g/mol. The summed E-state index contributed by atoms with van der Waals surface area (Å²) in [4.78, 5) is 10.5. The second-order valence-corrected chi connectivity index (χ2v) is 58.2. The number of phenolic OH excluding ortho intramolecular Hbond substituents is 2. The van der Waals surface area contributed by atoms with E-state index in [1.807, 2.05) is 134 Å². The van der Waals surface area contributed by atoms with Crippen molar-refractivity contribution in [3.63, 3.8) is 0 Å². The van der Waals surface area contributed by atoms with Crippen LogP contribution < -0.4 is 17.7 Å². The van der Waals surface area contributed by atoms with Crippen molar-refractivity contribution in [1.82, 2.24) is 0 Å². The minimum absolute atomic E-state index is 0.206. The Labute approximate surface area is 785 Å². The van der Waals surface area contributed by atoms with Crippen LogP contribution in [-0.2, 0) is 0 Å². The van der Waals surface area contributed by atoms with Crippen LogP contribution in [0.1, 0.15) is 138 Å². The summed E-state index contributed by atoms with van der Waals surface area (Å²) in [6, 6.07) is 122. The van der Waals surface area contributed by atoms with Crippen molar-refractivity contribution in [1.29, 1.82) is 0 Å². The zero-order valence-electron chi connectivity index (χ0n) is 80.0. The van der Waals surface area contributed by atoms with Gasteiger partial charge in [-0.2, -0.15) is 0 Å². The molecule has 0 aliphatic heterocycles. The van der Waals surface area contributed by atoms with Gasteiger partial charge < -0.3 is 27.9 Å². The summed E-state index contributed by atoms with van der Waals surface area (Å²) in [7, 11) is -6.91. The van der Waals surface area contributed by atoms with Crippen molar-refractivity contribution in [2.45, 2.75) is 169 Å². The van der Waals surface area contributed by atoms with E-state index in [0.29, 0.717) is 17.1 Å². The molecule has 0 amide bonds. The van der Waals surface area contributed by atoms with Gasteiger partial charge in [-0.25, -0.2) is 0 Å². The lowest BCUT2D eigenvalue weighted by Crippen LogP contribution is -2.43. The van der Waals surface area contributed by atoms with E-state index in [2.05, 4.69) is 407 Å². The average Bonchev–Trinajstić information content (AvgIpc) is 0.828. The predicted molar refractivity (Wildman–Crippen MR) is 570 cm³/mol. The Balaban J connectivity index is 0.000000191. The molecule has 0 unspecified atom stereocenters. The van der Waals surface area contributed by atoms with Crippen LogP contribution in [0.3, 0.4) is 0 Å². The van der Waals surface area contributed by atoms with E-state index in [-0.39, 0.29) is 20.2 Å². The smallest absolute Gasteiger partial charge is 0.250 e. The topological polar surface area (TPSA) is 94.5 Å². The molecule has 129 heavy (non-hydrogen) atoms. The molecule has 0 aromatic heterocycles. The highest BCUT2D eigenvalue weighted by atomic mass is 79.9. The van der Waals surface area contributed by atoms with E-state index < -0.39 is 33.3 Å². The number of carbonyl (C=O) groups is 1. The number of hydrogen-bond donors (Lipinski definition) is 2. The minimum Gasteiger partial charge on any atom is -0.544 e. The van der Waals surface area contributed by atoms with Gasteiger partial charge in [0.25, 0.3) is 0 Å². The fraction of sp³-hybridized carbons (Fsp3) is 0.222. The molecule has 0 fully saturated rings. The van der Waals surface area contributed by atoms with Crippen LogP contribution in [0.2, 0.25) is 72.5 Å². The maximum Gasteiger partial charge on any atom is 0.250 e. The Morgan fingerprint density at radius 2 is 0.388 bits per heavy atom. The Hall–Kier alpha value is -11.9. The summed E-state index contributed by atoms with van der Waals surface area (Å²) in [6.45, 7) is 49.3. The van der Waals surface area contributed by atoms with Crippen molar-refractivity contribution in [2.24, 2.45) is 0 Å². The first kappa shape index (κ1) is 103. The van der Waals surface area contributed by atoms with Gasteiger partial charge >= 0.3 is 0 Å². The Bertz CT molecular complexity index is 5470. The van der Waals surface area contributed by atoms with Gasteiger partial charge in [-0.3, -0.25) is 4.79 Å². The third kappa shape index (κ3) is 34.6. The Morgan fingerprint density at radius 1 is 0.225 bits per heavy atom. The first-order chi connectivity index (χ1) is 60.9. The van der Waals surface area contributed by atoms with Gasteiger partial charge in [0, 0.05) is 10.0 Å². The van der Waals surface area contributed by atoms with Crippen molar-refractivity contribution in [2.75, 3.05) is 0 Å². The van der Waals surface area contributed by atoms with E-state index in [1.165, 1.54) is 72.3 Å². The molecule has 0 saturated carbocycles. The molecule has 14 aromatic carbocycles. The monoisotopic (exact) mass is 1840 g/mol. The van der Waals surface area contributed by atoms with Crippen LogP contribution in [0.5, 0.6) is 34.5 Å². The van der Waals surface area contributed by atoms with Crippen molar-refractivity contribution >= 4 is 91.9 Å². The molecule has 12 heteroatoms. The number of aromatic hydroxyl groups is 2. The lowest BCUT2D eigenvalue weighted by molar-refractivity contribution is 0.112. The maximum atomic E-state index is 10.5. The Kier molecular flexibility index (Phi) is 38.1. The lowest BCUT2D eigenvalue weighted by Gasteiger charge is -2.36. The first-order valence-corrected chi connectivity index (χ1v) is 56.8. The molecule has 0 saturated heterocycles. The summed E-state index contributed by atoms with van der Waals surface area (Å²) < 4.78 is 26.1. The van der Waals surface area contributed by atoms with Crippen molar-refractivity contribution < 1.29 is 32.7 Å². The molecule has 14 aromatic rings. The first-order valence-electron chi connectivity index (χ1n) is 44.4. The second-order valence-electron chi connectivity index (χ2n) is 38.4. The number of aryl methyl sites for hydroxylation is 2. The predicted octanol–water partition coefficient (Wildman–Crippen LogP) is 35.1. The second kappa shape index (κ2) is 48.0. The number of phenols is 2. The molecular formula is C117H135BrO7Si4. The molecule has 7 nitrogen and oxygen atoms in total. The van der Waals surface area contributed by atoms with Crippen LogP contribution in [0.15, 0.2) is 368 Å². The number of halogens is 1. The molecule has 668 valence electrons. The SMILES string of the molecule is CC(C)(C)[Si](C)(C)Oc1ccc(/C=C/c2ccc(-c3ccccc3)cc2)cc1.CC(C)(C)[Si](C)(C)Oc1ccc(/C=C\c2ccc(-c3ccccc3)cc2)cc1.CC(C)(C)[Si](C)(C)Oc1ccc(Br)cc1.Cc1ccc(O)cc1.Cc1ccc(O[Si](C)(C)C(C)(C)C)cc1.O=Cc1ccc(-c2ccccc2)cc1.Oc1ccc(/C=C\c2ccc(-c3ccccc3)cc2)cc1. The molecule has 0 heterocycles. The third-order valence-electron chi connectivity index (χ3n) is 23.9. The number of benzene rings is 14. The maximum absolute atomic E-state index is 10.5. The summed E-state index contributed by atoms with van der Waals surface area (Å²) >= 11 is 3.42. The average molecular weight is 1850 g/mol. The third-order valence-corrected chi connectivity index (χ3v) is 41.8. The number of rotatable bonds is 19. The van der Waals surface area contributed by atoms with Gasteiger partial charge in [-0.05, 0) is 249 Å². The lowest BCUT2D eigenvalue weighted by atomic mass is 10.0. The zero-order valence-corrected chi connectivity index (χ0v) is 85.6. The molecule has 0 bridgehead atoms. The Morgan fingerprint density at radius 3 is 0.589 bits per heavy atom. The van der Waals surface area contributed by atoms with Crippen LogP contribution in [-0.4, -0.2) is 49.8 Å². The molecule has 0 atom stereocenters. The molecule has 14 rings (SSSR count). The van der Waals surface area contributed by atoms with Gasteiger partial charge in [-0.1, -0.05) is 426 Å². The van der Waals surface area contributed by atoms with E-state index in [1.54, 1.807) is 24.3 Å². The van der Waals surface area contributed by atoms with Gasteiger partial charge in [0.2, 0.25) is 33.3 Å². The van der Waals surface area contributed by atoms with E-state index in [9.17, 15) is 9.90 Å². The van der Waals surface area contributed by atoms with Crippen LogP contribution in [0.25, 0.3) is 81.0 Å². The summed E-state index contributed by atoms with van der Waals surface area (Å²) in [5.41, 5.74) is 19.9. The van der Waals surface area contributed by atoms with Gasteiger partial charge in [0.05, 0.1) is 0 Å². The van der Waals surface area contributed by atoms with Crippen molar-refractivity contribution in [3.8, 4) is 79.0 Å². The zero-order chi connectivity index (χ0) is 94.1. The van der Waals surface area contributed by atoms with E-state index in [0.717, 1.165) is 50.4 Å². The normalized spacial score (nSPS) is 11.7. The van der Waals surface area contributed by atoms with Gasteiger partial charge in [-0.15, -0.1) is 0 Å². The molecule has 0 spiro atoms. The van der Waals surface area contributed by atoms with Crippen molar-refractivity contribution in [3.05, 3.63) is 419 Å². The van der Waals surface area contributed by atoms with Crippen LogP contribution >= 0.6 is 15.9 Å². The summed E-state index contributed by atoms with van der Waals surface area (Å²) in [5, 5.41) is 18.9. The van der Waals surface area contributed by atoms with E-state index >= 15 is 0 Å². The number of hydrogen-bond acceptors (Lipinski definition) is 7. The standard InChI is InChI=1S/2C26H30OSi.C20H16O.C13H22OSi.C13H10O.C12H19BrOSi.C7H8O/c2*1-26(2,3)28(4,5)27-25-19-15-22(16-20-25)12-11-21-13-17-24(18-14-21)23-9-7-6-8-10-23;21-20-14-10-17(11-15-20)7-6-16-8-12-19(13-9-16)18-4-2-1-3-5-18;1-11-7-9-12(10-8-11)14-15(5,6)13(2,3)4;14-10-11-6-8-13(9-7-11)12-4-2-1-3-5-12;1-12(2,3)15(4,5)14-11-8-6-10(13)7-9-11;1-6-2-4-7(8)5-3-6/h2*6-20H,1-5H3;1-15,21H;7-10H,1-6H3;1-10H;6-9H,1-5H3;2-5,8H,1H3/b12-11+;12-11-;7-6-;;;;. The quantitative estimate of drug-likeness (QED) is 0.0473. The highest BCUT2D eigenvalue weighted by Gasteiger charge is 2.42. The number of aldehydes is 1. The fourth-order valence-corrected chi connectivity index (χ4v) is 15.9. The van der Waals surface area contributed by atoms with E-state index in [4.69, 9.17) is 22.8 Å². The molecule has 2 N–H and O–H groups in total.